The first-order chi connectivity index (χ1) is 9.33. The van der Waals surface area contributed by atoms with Crippen LogP contribution in [0.2, 0.25) is 0 Å². The zero-order valence-corrected chi connectivity index (χ0v) is 12.4. The fourth-order valence-corrected chi connectivity index (χ4v) is 3.94. The summed E-state index contributed by atoms with van der Waals surface area (Å²) >= 11 is 0. The molecule has 2 nitrogen and oxygen atoms in total. The highest BCUT2D eigenvalue weighted by molar-refractivity contribution is 4.89. The SMILES string of the molecule is CCCOCC1CCC([C@H]2CC[C@H](C#N)CC2)CC1. The van der Waals surface area contributed by atoms with Crippen molar-refractivity contribution < 1.29 is 4.74 Å². The molecule has 2 fully saturated rings. The Morgan fingerprint density at radius 1 is 0.947 bits per heavy atom. The van der Waals surface area contributed by atoms with E-state index in [4.69, 9.17) is 10.00 Å². The predicted molar refractivity (Wildman–Crippen MR) is 77.6 cm³/mol. The van der Waals surface area contributed by atoms with Crippen LogP contribution in [0.25, 0.3) is 0 Å². The van der Waals surface area contributed by atoms with Crippen molar-refractivity contribution >= 4 is 0 Å². The number of nitrogens with zero attached hydrogens (tertiary/aromatic N) is 1. The lowest BCUT2D eigenvalue weighted by molar-refractivity contribution is 0.0663. The number of nitriles is 1. The normalized spacial score (nSPS) is 35.8. The van der Waals surface area contributed by atoms with Crippen molar-refractivity contribution in [1.82, 2.24) is 0 Å². The lowest BCUT2D eigenvalue weighted by Crippen LogP contribution is -2.27. The van der Waals surface area contributed by atoms with Crippen LogP contribution in [0.4, 0.5) is 0 Å². The van der Waals surface area contributed by atoms with Crippen LogP contribution in [0.5, 0.6) is 0 Å². The van der Waals surface area contributed by atoms with Gasteiger partial charge in [-0.3, -0.25) is 0 Å². The summed E-state index contributed by atoms with van der Waals surface area (Å²) in [6, 6.07) is 2.45. The first kappa shape index (κ1) is 14.9. The van der Waals surface area contributed by atoms with Crippen molar-refractivity contribution in [3.63, 3.8) is 0 Å². The molecule has 0 aromatic carbocycles. The standard InChI is InChI=1S/C17H29NO/c1-2-11-19-13-15-5-9-17(10-6-15)16-7-3-14(12-18)4-8-16/h14-17H,2-11,13H2,1H3/t14-,15?,16-,17?. The maximum absolute atomic E-state index is 8.96. The maximum atomic E-state index is 8.96. The molecular formula is C17H29NO. The van der Waals surface area contributed by atoms with Crippen LogP contribution in [-0.2, 0) is 4.74 Å². The number of hydrogen-bond donors (Lipinski definition) is 0. The fraction of sp³-hybridized carbons (Fsp3) is 0.941. The van der Waals surface area contributed by atoms with Crippen molar-refractivity contribution in [2.75, 3.05) is 13.2 Å². The molecule has 0 heterocycles. The van der Waals surface area contributed by atoms with Gasteiger partial charge in [0.1, 0.15) is 0 Å². The van der Waals surface area contributed by atoms with Crippen molar-refractivity contribution in [3.8, 4) is 6.07 Å². The summed E-state index contributed by atoms with van der Waals surface area (Å²) in [5.41, 5.74) is 0. The molecule has 2 saturated carbocycles. The molecule has 0 aliphatic heterocycles. The monoisotopic (exact) mass is 263 g/mol. The molecule has 0 unspecified atom stereocenters. The van der Waals surface area contributed by atoms with E-state index in [9.17, 15) is 0 Å². The molecule has 0 saturated heterocycles. The van der Waals surface area contributed by atoms with Crippen LogP contribution in [0, 0.1) is 35.0 Å². The van der Waals surface area contributed by atoms with Gasteiger partial charge in [0, 0.05) is 19.1 Å². The highest BCUT2D eigenvalue weighted by Crippen LogP contribution is 2.41. The van der Waals surface area contributed by atoms with Crippen molar-refractivity contribution in [3.05, 3.63) is 0 Å². The van der Waals surface area contributed by atoms with Gasteiger partial charge in [-0.2, -0.15) is 5.26 Å². The quantitative estimate of drug-likeness (QED) is 0.682. The Bertz CT molecular complexity index is 280. The van der Waals surface area contributed by atoms with Crippen LogP contribution in [0.15, 0.2) is 0 Å². The summed E-state index contributed by atoms with van der Waals surface area (Å²) in [4.78, 5) is 0. The van der Waals surface area contributed by atoms with Gasteiger partial charge < -0.3 is 4.74 Å². The molecule has 0 amide bonds. The lowest BCUT2D eigenvalue weighted by Gasteiger charge is -2.36. The van der Waals surface area contributed by atoms with Gasteiger partial charge >= 0.3 is 0 Å². The molecular weight excluding hydrogens is 234 g/mol. The van der Waals surface area contributed by atoms with Gasteiger partial charge in [0.25, 0.3) is 0 Å². The van der Waals surface area contributed by atoms with E-state index in [-0.39, 0.29) is 0 Å². The second kappa shape index (κ2) is 7.90. The summed E-state index contributed by atoms with van der Waals surface area (Å²) in [6.07, 6.45) is 11.6. The van der Waals surface area contributed by atoms with E-state index >= 15 is 0 Å². The van der Waals surface area contributed by atoms with Gasteiger partial charge in [0.05, 0.1) is 6.07 Å². The van der Waals surface area contributed by atoms with Crippen LogP contribution in [0.3, 0.4) is 0 Å². The number of ether oxygens (including phenoxy) is 1. The Morgan fingerprint density at radius 2 is 1.53 bits per heavy atom. The summed E-state index contributed by atoms with van der Waals surface area (Å²) in [7, 11) is 0. The molecule has 2 aliphatic rings. The second-order valence-electron chi connectivity index (χ2n) is 6.60. The minimum Gasteiger partial charge on any atom is -0.381 e. The Labute approximate surface area is 118 Å². The number of hydrogen-bond acceptors (Lipinski definition) is 2. The molecule has 108 valence electrons. The van der Waals surface area contributed by atoms with E-state index in [1.165, 1.54) is 38.5 Å². The summed E-state index contributed by atoms with van der Waals surface area (Å²) < 4.78 is 5.70. The molecule has 0 spiro atoms. The zero-order chi connectivity index (χ0) is 13.5. The molecule has 0 radical (unpaired) electrons. The van der Waals surface area contributed by atoms with E-state index in [0.717, 1.165) is 50.2 Å². The molecule has 0 atom stereocenters. The third-order valence-electron chi connectivity index (χ3n) is 5.21. The van der Waals surface area contributed by atoms with Crippen LogP contribution < -0.4 is 0 Å². The van der Waals surface area contributed by atoms with Gasteiger partial charge in [0.15, 0.2) is 0 Å². The molecule has 2 aliphatic carbocycles. The predicted octanol–water partition coefficient (Wildman–Crippen LogP) is 4.55. The maximum Gasteiger partial charge on any atom is 0.0655 e. The first-order valence-corrected chi connectivity index (χ1v) is 8.30. The van der Waals surface area contributed by atoms with E-state index in [2.05, 4.69) is 13.0 Å². The van der Waals surface area contributed by atoms with Crippen LogP contribution in [0.1, 0.15) is 64.7 Å². The van der Waals surface area contributed by atoms with Crippen molar-refractivity contribution in [2.45, 2.75) is 64.7 Å². The minimum absolute atomic E-state index is 0.357. The van der Waals surface area contributed by atoms with E-state index < -0.39 is 0 Å². The molecule has 19 heavy (non-hydrogen) atoms. The van der Waals surface area contributed by atoms with Gasteiger partial charge in [0.2, 0.25) is 0 Å². The minimum atomic E-state index is 0.357. The number of rotatable bonds is 5. The van der Waals surface area contributed by atoms with Crippen LogP contribution >= 0.6 is 0 Å². The molecule has 0 aromatic rings. The third-order valence-corrected chi connectivity index (χ3v) is 5.21. The van der Waals surface area contributed by atoms with Crippen molar-refractivity contribution in [2.24, 2.45) is 23.7 Å². The molecule has 0 aromatic heterocycles. The lowest BCUT2D eigenvalue weighted by atomic mass is 9.69. The Hall–Kier alpha value is -0.550. The Morgan fingerprint density at radius 3 is 2.05 bits per heavy atom. The highest BCUT2D eigenvalue weighted by Gasteiger charge is 2.30. The van der Waals surface area contributed by atoms with E-state index in [0.29, 0.717) is 5.92 Å². The smallest absolute Gasteiger partial charge is 0.0655 e. The fourth-order valence-electron chi connectivity index (χ4n) is 3.94. The van der Waals surface area contributed by atoms with Crippen LogP contribution in [-0.4, -0.2) is 13.2 Å². The van der Waals surface area contributed by atoms with Gasteiger partial charge in [-0.25, -0.2) is 0 Å². The average molecular weight is 263 g/mol. The Balaban J connectivity index is 1.65. The largest absolute Gasteiger partial charge is 0.381 e. The summed E-state index contributed by atoms with van der Waals surface area (Å²) in [5, 5.41) is 8.96. The molecule has 0 N–H and O–H groups in total. The van der Waals surface area contributed by atoms with Gasteiger partial charge in [-0.1, -0.05) is 6.92 Å². The zero-order valence-electron chi connectivity index (χ0n) is 12.4. The third kappa shape index (κ3) is 4.49. The van der Waals surface area contributed by atoms with E-state index in [1.807, 2.05) is 0 Å². The topological polar surface area (TPSA) is 33.0 Å². The molecule has 0 bridgehead atoms. The second-order valence-corrected chi connectivity index (χ2v) is 6.60. The summed E-state index contributed by atoms with van der Waals surface area (Å²) in [6.45, 7) is 4.09. The molecule has 2 rings (SSSR count). The van der Waals surface area contributed by atoms with Gasteiger partial charge in [-0.05, 0) is 75.5 Å². The highest BCUT2D eigenvalue weighted by atomic mass is 16.5. The molecule has 2 heteroatoms. The summed E-state index contributed by atoms with van der Waals surface area (Å²) in [5.74, 6) is 3.04. The Kier molecular flexibility index (Phi) is 6.17. The first-order valence-electron chi connectivity index (χ1n) is 8.30. The average Bonchev–Trinajstić information content (AvgIpc) is 2.48. The van der Waals surface area contributed by atoms with E-state index in [1.54, 1.807) is 0 Å². The van der Waals surface area contributed by atoms with Crippen molar-refractivity contribution in [1.29, 1.82) is 5.26 Å². The van der Waals surface area contributed by atoms with Gasteiger partial charge in [-0.15, -0.1) is 0 Å².